The predicted molar refractivity (Wildman–Crippen MR) is 126 cm³/mol. The minimum absolute atomic E-state index is 0.0253. The van der Waals surface area contributed by atoms with E-state index in [-0.39, 0.29) is 16.5 Å². The molecule has 1 atom stereocenters. The molecule has 0 radical (unpaired) electrons. The molecule has 3 aromatic rings. The van der Waals surface area contributed by atoms with E-state index in [4.69, 9.17) is 23.2 Å². The zero-order valence-corrected chi connectivity index (χ0v) is 19.5. The van der Waals surface area contributed by atoms with Gasteiger partial charge in [-0.2, -0.15) is 0 Å². The molecule has 1 aromatic heterocycles. The van der Waals surface area contributed by atoms with Gasteiger partial charge in [-0.1, -0.05) is 41.4 Å². The molecule has 1 fully saturated rings. The Labute approximate surface area is 202 Å². The van der Waals surface area contributed by atoms with Crippen molar-refractivity contribution < 1.29 is 14.3 Å². The third kappa shape index (κ3) is 2.99. The van der Waals surface area contributed by atoms with Crippen molar-refractivity contribution in [3.63, 3.8) is 0 Å². The fourth-order valence-electron chi connectivity index (χ4n) is 4.94. The lowest BCUT2D eigenvalue weighted by Crippen LogP contribution is -2.51. The predicted octanol–water partition coefficient (Wildman–Crippen LogP) is 5.31. The number of rotatable bonds is 1. The molecule has 9 heteroatoms. The number of carbonyl (C=O) groups is 1. The lowest BCUT2D eigenvalue weighted by atomic mass is 9.89. The summed E-state index contributed by atoms with van der Waals surface area (Å²) in [5.41, 5.74) is 0.738. The molecular weight excluding hydrogens is 486 g/mol. The maximum absolute atomic E-state index is 15.2. The second-order valence-electron chi connectivity index (χ2n) is 8.71. The van der Waals surface area contributed by atoms with Crippen LogP contribution in [0.4, 0.5) is 4.39 Å². The number of hydrogen-bond acceptors (Lipinski definition) is 5. The zero-order valence-electron chi connectivity index (χ0n) is 17.1. The highest BCUT2D eigenvalue weighted by atomic mass is 35.5. The summed E-state index contributed by atoms with van der Waals surface area (Å²) in [4.78, 5) is 26.3. The maximum atomic E-state index is 15.2. The van der Waals surface area contributed by atoms with Gasteiger partial charge >= 0.3 is 0 Å². The first-order valence-electron chi connectivity index (χ1n) is 10.5. The van der Waals surface area contributed by atoms with Crippen LogP contribution in [0.2, 0.25) is 10.0 Å². The summed E-state index contributed by atoms with van der Waals surface area (Å²) in [6.45, 7) is 0.367. The van der Waals surface area contributed by atoms with Gasteiger partial charge in [0.15, 0.2) is 17.2 Å². The van der Waals surface area contributed by atoms with Crippen molar-refractivity contribution in [2.24, 2.45) is 5.41 Å². The topological polar surface area (TPSA) is 62.5 Å². The Morgan fingerprint density at radius 3 is 2.61 bits per heavy atom. The number of halogens is 3. The van der Waals surface area contributed by atoms with Gasteiger partial charge in [0.2, 0.25) is 5.43 Å². The van der Waals surface area contributed by atoms with Crippen molar-refractivity contribution in [1.29, 1.82) is 0 Å². The summed E-state index contributed by atoms with van der Waals surface area (Å²) in [7, 11) is 0. The van der Waals surface area contributed by atoms with Crippen molar-refractivity contribution in [3.8, 4) is 5.75 Å². The van der Waals surface area contributed by atoms with E-state index in [1.54, 1.807) is 16.8 Å². The fourth-order valence-corrected chi connectivity index (χ4v) is 6.60. The highest BCUT2D eigenvalue weighted by Crippen LogP contribution is 2.54. The van der Waals surface area contributed by atoms with Crippen LogP contribution < -0.4 is 10.4 Å². The Hall–Kier alpha value is -2.48. The van der Waals surface area contributed by atoms with Crippen molar-refractivity contribution in [1.82, 2.24) is 4.68 Å². The number of aromatic nitrogens is 1. The number of aromatic hydroxyl groups is 1. The molecule has 168 valence electrons. The molecule has 6 rings (SSSR count). The Morgan fingerprint density at radius 1 is 1.06 bits per heavy atom. The third-order valence-corrected chi connectivity index (χ3v) is 8.72. The molecule has 1 aliphatic carbocycles. The largest absolute Gasteiger partial charge is 0.503 e. The lowest BCUT2D eigenvalue weighted by Gasteiger charge is -2.43. The van der Waals surface area contributed by atoms with Gasteiger partial charge in [-0.05, 0) is 36.1 Å². The molecule has 3 heterocycles. The Kier molecular flexibility index (Phi) is 4.64. The summed E-state index contributed by atoms with van der Waals surface area (Å²) in [6, 6.07) is 9.65. The summed E-state index contributed by atoms with van der Waals surface area (Å²) in [5.74, 6) is -0.927. The van der Waals surface area contributed by atoms with Gasteiger partial charge in [0.1, 0.15) is 5.82 Å². The Bertz CT molecular complexity index is 1420. The van der Waals surface area contributed by atoms with E-state index in [9.17, 15) is 14.7 Å². The van der Waals surface area contributed by atoms with Crippen LogP contribution in [0.3, 0.4) is 0 Å². The molecule has 1 saturated carbocycles. The monoisotopic (exact) mass is 502 g/mol. The summed E-state index contributed by atoms with van der Waals surface area (Å²) in [6.07, 6.45) is 2.83. The zero-order chi connectivity index (χ0) is 23.1. The first-order valence-corrected chi connectivity index (χ1v) is 12.2. The number of hydrogen-bond donors (Lipinski definition) is 1. The van der Waals surface area contributed by atoms with Crippen LogP contribution in [-0.2, 0) is 5.75 Å². The van der Waals surface area contributed by atoms with E-state index in [0.717, 1.165) is 10.5 Å². The van der Waals surface area contributed by atoms with E-state index in [1.807, 2.05) is 17.1 Å². The minimum atomic E-state index is -0.672. The van der Waals surface area contributed by atoms with Crippen molar-refractivity contribution in [3.05, 3.63) is 91.1 Å². The smallest absolute Gasteiger partial charge is 0.224 e. The number of carbonyl (C=O) groups excluding carboxylic acids is 1. The van der Waals surface area contributed by atoms with Crippen LogP contribution >= 0.6 is 35.0 Å². The van der Waals surface area contributed by atoms with Crippen LogP contribution in [0.1, 0.15) is 46.1 Å². The number of fused-ring (bicyclic) bond motifs is 3. The maximum Gasteiger partial charge on any atom is 0.224 e. The molecular formula is C24H17Cl2FN2O3S. The van der Waals surface area contributed by atoms with Crippen LogP contribution in [0, 0.1) is 11.2 Å². The molecule has 2 aliphatic heterocycles. The lowest BCUT2D eigenvalue weighted by molar-refractivity contribution is 0.0856. The summed E-state index contributed by atoms with van der Waals surface area (Å²) >= 11 is 14.1. The molecule has 1 spiro atoms. The van der Waals surface area contributed by atoms with Gasteiger partial charge in [0.25, 0.3) is 0 Å². The van der Waals surface area contributed by atoms with Gasteiger partial charge in [0, 0.05) is 35.0 Å². The molecule has 3 aliphatic rings. The Balaban J connectivity index is 1.66. The van der Waals surface area contributed by atoms with Crippen LogP contribution in [-0.4, -0.2) is 22.1 Å². The average Bonchev–Trinajstić information content (AvgIpc) is 3.59. The molecule has 2 aromatic carbocycles. The second-order valence-corrected chi connectivity index (χ2v) is 10.5. The van der Waals surface area contributed by atoms with E-state index in [2.05, 4.69) is 0 Å². The minimum Gasteiger partial charge on any atom is -0.503 e. The number of nitrogens with zero attached hydrogens (tertiary/aromatic N) is 2. The third-order valence-electron chi connectivity index (χ3n) is 6.82. The molecule has 0 bridgehead atoms. The quantitative estimate of drug-likeness (QED) is 0.488. The molecule has 0 amide bonds. The van der Waals surface area contributed by atoms with E-state index >= 15 is 4.39 Å². The SMILES string of the molecule is O=C1c2c(O)c(=O)ccn2N(C2c3ccc(Cl)c(F)c3CSc3c(Cl)cccc32)CC12CC2. The van der Waals surface area contributed by atoms with Crippen LogP contribution in [0.5, 0.6) is 5.75 Å². The van der Waals surface area contributed by atoms with Gasteiger partial charge in [-0.15, -0.1) is 11.8 Å². The number of Topliss-reactive ketones (excluding diaryl/α,β-unsaturated/α-hetero) is 1. The molecule has 33 heavy (non-hydrogen) atoms. The van der Waals surface area contributed by atoms with Crippen LogP contribution in [0.15, 0.2) is 52.3 Å². The van der Waals surface area contributed by atoms with Crippen molar-refractivity contribution >= 4 is 40.7 Å². The highest BCUT2D eigenvalue weighted by Gasteiger charge is 2.56. The molecule has 0 saturated heterocycles. The van der Waals surface area contributed by atoms with E-state index < -0.39 is 28.5 Å². The average molecular weight is 503 g/mol. The Morgan fingerprint density at radius 2 is 1.85 bits per heavy atom. The van der Waals surface area contributed by atoms with Crippen molar-refractivity contribution in [2.45, 2.75) is 29.5 Å². The van der Waals surface area contributed by atoms with Gasteiger partial charge in [0.05, 0.1) is 21.5 Å². The summed E-state index contributed by atoms with van der Waals surface area (Å²) < 4.78 is 16.8. The van der Waals surface area contributed by atoms with Gasteiger partial charge in [-0.25, -0.2) is 4.39 Å². The molecule has 1 N–H and O–H groups in total. The standard InChI is InChI=1S/C24H17Cl2FN2O3S/c25-15-5-4-12-14(18(15)27)10-33-22-13(2-1-3-16(22)26)19(12)29-11-24(7-8-24)23(32)20-21(31)17(30)6-9-28(20)29/h1-6,9,19,31H,7-8,10-11H2. The summed E-state index contributed by atoms with van der Waals surface area (Å²) in [5, 5.41) is 13.1. The van der Waals surface area contributed by atoms with Gasteiger partial charge < -0.3 is 5.11 Å². The van der Waals surface area contributed by atoms with E-state index in [0.29, 0.717) is 41.3 Å². The fraction of sp³-hybridized carbons (Fsp3) is 0.250. The van der Waals surface area contributed by atoms with E-state index in [1.165, 1.54) is 30.1 Å². The highest BCUT2D eigenvalue weighted by molar-refractivity contribution is 7.98. The van der Waals surface area contributed by atoms with Crippen molar-refractivity contribution in [2.75, 3.05) is 11.6 Å². The molecule has 5 nitrogen and oxygen atoms in total. The van der Waals surface area contributed by atoms with Crippen LogP contribution in [0.25, 0.3) is 0 Å². The van der Waals surface area contributed by atoms with Gasteiger partial charge in [-0.3, -0.25) is 19.3 Å². The molecule has 1 unspecified atom stereocenters. The number of thioether (sulfide) groups is 1. The second kappa shape index (κ2) is 7.26. The number of pyridine rings is 1. The normalized spacial score (nSPS) is 20.2. The number of benzene rings is 2. The first kappa shape index (κ1) is 21.1. The number of ketones is 1. The first-order chi connectivity index (χ1) is 15.8.